The number of carbonyl (C=O) groups excluding carboxylic acids is 1. The van der Waals surface area contributed by atoms with Crippen LogP contribution in [0.15, 0.2) is 35.2 Å². The maximum atomic E-state index is 12.0. The highest BCUT2D eigenvalue weighted by Crippen LogP contribution is 2.21. The van der Waals surface area contributed by atoms with Gasteiger partial charge in [0.1, 0.15) is 4.60 Å². The molecule has 0 bridgehead atoms. The van der Waals surface area contributed by atoms with E-state index in [2.05, 4.69) is 31.2 Å². The third-order valence-corrected chi connectivity index (χ3v) is 3.16. The number of pyridine rings is 2. The van der Waals surface area contributed by atoms with Crippen LogP contribution in [-0.2, 0) is 0 Å². The Hall–Kier alpha value is -1.46. The molecule has 0 aliphatic rings. The largest absolute Gasteiger partial charge is 0.319 e. The highest BCUT2D eigenvalue weighted by molar-refractivity contribution is 9.10. The molecule has 2 heterocycles. The van der Waals surface area contributed by atoms with Gasteiger partial charge in [-0.2, -0.15) is 0 Å². The van der Waals surface area contributed by atoms with Crippen molar-refractivity contribution in [2.45, 2.75) is 6.92 Å². The number of aromatic nitrogens is 2. The molecule has 4 nitrogen and oxygen atoms in total. The van der Waals surface area contributed by atoms with Crippen molar-refractivity contribution < 1.29 is 4.79 Å². The molecule has 18 heavy (non-hydrogen) atoms. The summed E-state index contributed by atoms with van der Waals surface area (Å²) in [5, 5.41) is 2.96. The number of anilines is 1. The molecule has 0 aliphatic heterocycles. The fourth-order valence-electron chi connectivity index (χ4n) is 1.39. The summed E-state index contributed by atoms with van der Waals surface area (Å²) in [5.74, 6) is -0.288. The molecule has 0 aromatic carbocycles. The molecule has 0 aliphatic carbocycles. The van der Waals surface area contributed by atoms with Crippen LogP contribution in [-0.4, -0.2) is 15.9 Å². The van der Waals surface area contributed by atoms with Crippen molar-refractivity contribution in [2.24, 2.45) is 0 Å². The maximum absolute atomic E-state index is 12.0. The normalized spacial score (nSPS) is 10.2. The van der Waals surface area contributed by atoms with Crippen LogP contribution in [0.1, 0.15) is 15.9 Å². The average Bonchev–Trinajstić information content (AvgIpc) is 2.34. The van der Waals surface area contributed by atoms with E-state index in [0.717, 1.165) is 5.56 Å². The number of aryl methyl sites for hydroxylation is 1. The summed E-state index contributed by atoms with van der Waals surface area (Å²) in [6.07, 6.45) is 3.24. The first-order valence-corrected chi connectivity index (χ1v) is 6.29. The third kappa shape index (κ3) is 2.86. The van der Waals surface area contributed by atoms with Crippen molar-refractivity contribution in [3.8, 4) is 0 Å². The molecule has 1 N–H and O–H groups in total. The van der Waals surface area contributed by atoms with Crippen LogP contribution in [0.4, 0.5) is 5.69 Å². The molecule has 0 unspecified atom stereocenters. The Morgan fingerprint density at radius 2 is 2.22 bits per heavy atom. The van der Waals surface area contributed by atoms with E-state index in [4.69, 9.17) is 11.6 Å². The Bertz CT molecular complexity index is 604. The van der Waals surface area contributed by atoms with E-state index in [0.29, 0.717) is 15.9 Å². The van der Waals surface area contributed by atoms with Gasteiger partial charge in [-0.25, -0.2) is 9.97 Å². The molecule has 0 atom stereocenters. The van der Waals surface area contributed by atoms with Gasteiger partial charge in [0.2, 0.25) is 0 Å². The Balaban J connectivity index is 2.27. The Morgan fingerprint density at radius 3 is 2.94 bits per heavy atom. The lowest BCUT2D eigenvalue weighted by Gasteiger charge is -2.08. The second kappa shape index (κ2) is 5.46. The summed E-state index contributed by atoms with van der Waals surface area (Å²) in [6.45, 7) is 1.87. The van der Waals surface area contributed by atoms with Crippen LogP contribution < -0.4 is 5.32 Å². The van der Waals surface area contributed by atoms with Crippen LogP contribution in [0.3, 0.4) is 0 Å². The lowest BCUT2D eigenvalue weighted by Crippen LogP contribution is -2.13. The highest BCUT2D eigenvalue weighted by Gasteiger charge is 2.12. The molecule has 6 heteroatoms. The van der Waals surface area contributed by atoms with Gasteiger partial charge in [0.15, 0.2) is 5.15 Å². The van der Waals surface area contributed by atoms with E-state index in [9.17, 15) is 4.79 Å². The lowest BCUT2D eigenvalue weighted by atomic mass is 10.2. The Kier molecular flexibility index (Phi) is 3.93. The van der Waals surface area contributed by atoms with E-state index in [-0.39, 0.29) is 11.1 Å². The van der Waals surface area contributed by atoms with Crippen molar-refractivity contribution in [3.05, 3.63) is 51.5 Å². The van der Waals surface area contributed by atoms with Gasteiger partial charge in [0, 0.05) is 12.4 Å². The second-order valence-corrected chi connectivity index (χ2v) is 4.76. The van der Waals surface area contributed by atoms with Crippen molar-refractivity contribution in [3.63, 3.8) is 0 Å². The van der Waals surface area contributed by atoms with E-state index < -0.39 is 0 Å². The first-order valence-electron chi connectivity index (χ1n) is 5.12. The van der Waals surface area contributed by atoms with Gasteiger partial charge in [0.25, 0.3) is 5.91 Å². The number of hydrogen-bond acceptors (Lipinski definition) is 3. The number of rotatable bonds is 2. The molecule has 0 fully saturated rings. The third-order valence-electron chi connectivity index (χ3n) is 2.23. The van der Waals surface area contributed by atoms with Gasteiger partial charge in [-0.05, 0) is 46.6 Å². The highest BCUT2D eigenvalue weighted by atomic mass is 79.9. The van der Waals surface area contributed by atoms with Crippen LogP contribution in [0, 0.1) is 6.92 Å². The van der Waals surface area contributed by atoms with Crippen LogP contribution in [0.5, 0.6) is 0 Å². The number of halogens is 2. The molecule has 2 aromatic rings. The number of nitrogens with one attached hydrogen (secondary N) is 1. The monoisotopic (exact) mass is 325 g/mol. The quantitative estimate of drug-likeness (QED) is 0.860. The van der Waals surface area contributed by atoms with Crippen molar-refractivity contribution in [2.75, 3.05) is 5.32 Å². The summed E-state index contributed by atoms with van der Waals surface area (Å²) in [4.78, 5) is 20.0. The van der Waals surface area contributed by atoms with Gasteiger partial charge >= 0.3 is 0 Å². The zero-order valence-corrected chi connectivity index (χ0v) is 11.8. The zero-order valence-electron chi connectivity index (χ0n) is 9.45. The smallest absolute Gasteiger partial charge is 0.258 e. The molecule has 2 aromatic heterocycles. The minimum Gasteiger partial charge on any atom is -0.319 e. The van der Waals surface area contributed by atoms with Crippen LogP contribution in [0.25, 0.3) is 0 Å². The van der Waals surface area contributed by atoms with Gasteiger partial charge in [0.05, 0.1) is 11.3 Å². The fraction of sp³-hybridized carbons (Fsp3) is 0.0833. The molecule has 0 radical (unpaired) electrons. The molecule has 0 saturated carbocycles. The second-order valence-electron chi connectivity index (χ2n) is 3.65. The van der Waals surface area contributed by atoms with Crippen molar-refractivity contribution >= 4 is 39.1 Å². The Labute approximate surface area is 118 Å². The molecule has 2 rings (SSSR count). The van der Waals surface area contributed by atoms with E-state index in [1.165, 1.54) is 0 Å². The summed E-state index contributed by atoms with van der Waals surface area (Å²) < 4.78 is 0.485. The summed E-state index contributed by atoms with van der Waals surface area (Å²) >= 11 is 9.14. The van der Waals surface area contributed by atoms with E-state index in [1.54, 1.807) is 30.6 Å². The molecular formula is C12H9BrClN3O. The standard InChI is InChI=1S/C12H9BrClN3O/c1-7-5-9(11(14)16-6-7)17-12(18)8-3-2-4-15-10(8)13/h2-6H,1H3,(H,17,18). The molecule has 0 spiro atoms. The predicted octanol–water partition coefficient (Wildman–Crippen LogP) is 3.45. The molecule has 1 amide bonds. The van der Waals surface area contributed by atoms with Gasteiger partial charge < -0.3 is 5.32 Å². The minimum absolute atomic E-state index is 0.258. The topological polar surface area (TPSA) is 54.9 Å². The van der Waals surface area contributed by atoms with Crippen LogP contribution in [0.2, 0.25) is 5.15 Å². The number of nitrogens with zero attached hydrogens (tertiary/aromatic N) is 2. The molecular weight excluding hydrogens is 318 g/mol. The summed E-state index contributed by atoms with van der Waals surface area (Å²) in [6, 6.07) is 5.12. The summed E-state index contributed by atoms with van der Waals surface area (Å²) in [7, 11) is 0. The average molecular weight is 327 g/mol. The first-order chi connectivity index (χ1) is 8.58. The predicted molar refractivity (Wildman–Crippen MR) is 73.9 cm³/mol. The maximum Gasteiger partial charge on any atom is 0.258 e. The number of amides is 1. The Morgan fingerprint density at radius 1 is 1.44 bits per heavy atom. The number of carbonyl (C=O) groups is 1. The van der Waals surface area contributed by atoms with E-state index >= 15 is 0 Å². The van der Waals surface area contributed by atoms with Gasteiger partial charge in [-0.1, -0.05) is 11.6 Å². The van der Waals surface area contributed by atoms with Crippen molar-refractivity contribution in [1.82, 2.24) is 9.97 Å². The molecule has 0 saturated heterocycles. The minimum atomic E-state index is -0.288. The van der Waals surface area contributed by atoms with Crippen molar-refractivity contribution in [1.29, 1.82) is 0 Å². The first kappa shape index (κ1) is 13.0. The summed E-state index contributed by atoms with van der Waals surface area (Å²) in [5.41, 5.74) is 1.84. The number of hydrogen-bond donors (Lipinski definition) is 1. The zero-order chi connectivity index (χ0) is 13.1. The van der Waals surface area contributed by atoms with Gasteiger partial charge in [-0.15, -0.1) is 0 Å². The van der Waals surface area contributed by atoms with E-state index in [1.807, 2.05) is 6.92 Å². The SMILES string of the molecule is Cc1cnc(Cl)c(NC(=O)c2cccnc2Br)c1. The molecule has 92 valence electrons. The fourth-order valence-corrected chi connectivity index (χ4v) is 1.97. The van der Waals surface area contributed by atoms with Crippen LogP contribution >= 0.6 is 27.5 Å². The van der Waals surface area contributed by atoms with Gasteiger partial charge in [-0.3, -0.25) is 4.79 Å². The lowest BCUT2D eigenvalue weighted by molar-refractivity contribution is 0.102.